The number of hydrogen-bond donors (Lipinski definition) is 3. The molecule has 0 spiro atoms. The average molecular weight is 312 g/mol. The average Bonchev–Trinajstić information content (AvgIpc) is 2.36. The van der Waals surface area contributed by atoms with Crippen molar-refractivity contribution in [2.75, 3.05) is 17.3 Å². The van der Waals surface area contributed by atoms with Crippen molar-refractivity contribution in [3.8, 4) is 0 Å². The summed E-state index contributed by atoms with van der Waals surface area (Å²) >= 11 is 0. The van der Waals surface area contributed by atoms with Gasteiger partial charge in [0.1, 0.15) is 0 Å². The van der Waals surface area contributed by atoms with Crippen molar-refractivity contribution in [3.05, 3.63) is 29.8 Å². The Morgan fingerprint density at radius 3 is 2.43 bits per heavy atom. The van der Waals surface area contributed by atoms with E-state index >= 15 is 0 Å². The number of rotatable bonds is 7. The molecule has 1 rings (SSSR count). The van der Waals surface area contributed by atoms with Gasteiger partial charge in [-0.3, -0.25) is 9.00 Å². The van der Waals surface area contributed by atoms with Gasteiger partial charge in [-0.1, -0.05) is 12.1 Å². The van der Waals surface area contributed by atoms with Gasteiger partial charge in [-0.2, -0.15) is 0 Å². The summed E-state index contributed by atoms with van der Waals surface area (Å²) in [5.41, 5.74) is 1.52. The van der Waals surface area contributed by atoms with Gasteiger partial charge in [0.25, 0.3) is 0 Å². The van der Waals surface area contributed by atoms with E-state index in [0.717, 1.165) is 5.56 Å². The maximum absolute atomic E-state index is 11.7. The zero-order valence-electron chi connectivity index (χ0n) is 12.1. The van der Waals surface area contributed by atoms with Crippen LogP contribution in [0.2, 0.25) is 0 Å². The van der Waals surface area contributed by atoms with Crippen LogP contribution in [0, 0.1) is 0 Å². The normalized spacial score (nSPS) is 13.2. The molecule has 0 bridgehead atoms. The molecule has 0 aliphatic heterocycles. The van der Waals surface area contributed by atoms with Crippen LogP contribution in [0.1, 0.15) is 18.9 Å². The fraction of sp³-hybridized carbons (Fsp3) is 0.429. The van der Waals surface area contributed by atoms with E-state index in [-0.39, 0.29) is 18.5 Å². The first-order valence-corrected chi connectivity index (χ1v) is 8.28. The van der Waals surface area contributed by atoms with E-state index in [1.54, 1.807) is 37.4 Å². The van der Waals surface area contributed by atoms with Crippen molar-refractivity contribution < 1.29 is 18.9 Å². The van der Waals surface area contributed by atoms with Gasteiger partial charge in [0.15, 0.2) is 0 Å². The van der Waals surface area contributed by atoms with Crippen LogP contribution >= 0.6 is 0 Å². The lowest BCUT2D eigenvalue weighted by Gasteiger charge is -2.13. The highest BCUT2D eigenvalue weighted by Crippen LogP contribution is 2.11. The van der Waals surface area contributed by atoms with Gasteiger partial charge in [-0.05, 0) is 31.0 Å². The van der Waals surface area contributed by atoms with Crippen LogP contribution in [-0.2, 0) is 22.0 Å². The van der Waals surface area contributed by atoms with Crippen LogP contribution in [0.4, 0.5) is 10.5 Å². The Balaban J connectivity index is 2.45. The molecule has 2 unspecified atom stereocenters. The van der Waals surface area contributed by atoms with E-state index in [0.29, 0.717) is 17.9 Å². The summed E-state index contributed by atoms with van der Waals surface area (Å²) in [5.74, 6) is -0.430. The Morgan fingerprint density at radius 2 is 1.90 bits per heavy atom. The van der Waals surface area contributed by atoms with Crippen molar-refractivity contribution in [1.82, 2.24) is 5.32 Å². The van der Waals surface area contributed by atoms with Gasteiger partial charge >= 0.3 is 12.0 Å². The number of nitrogens with one attached hydrogen (secondary N) is 2. The molecule has 0 saturated heterocycles. The number of aliphatic carboxylic acids is 1. The number of benzene rings is 1. The predicted octanol–water partition coefficient (Wildman–Crippen LogP) is 1.59. The quantitative estimate of drug-likeness (QED) is 0.712. The minimum Gasteiger partial charge on any atom is -0.481 e. The maximum atomic E-state index is 11.7. The molecule has 2 amide bonds. The number of carbonyl (C=O) groups excluding carboxylic acids is 1. The molecule has 0 radical (unpaired) electrons. The third kappa shape index (κ3) is 7.45. The lowest BCUT2D eigenvalue weighted by molar-refractivity contribution is -0.136. The molecule has 0 aliphatic rings. The SMILES string of the molecule is CC(CS(C)=O)NC(=O)Nc1ccc(CCC(=O)O)cc1. The lowest BCUT2D eigenvalue weighted by Crippen LogP contribution is -2.39. The Kier molecular flexibility index (Phi) is 6.87. The third-order valence-electron chi connectivity index (χ3n) is 2.70. The molecule has 1 aromatic rings. The topological polar surface area (TPSA) is 95.5 Å². The minimum absolute atomic E-state index is 0.0823. The standard InChI is InChI=1S/C14H20N2O4S/c1-10(9-21(2)20)15-14(19)16-12-6-3-11(4-7-12)5-8-13(17)18/h3-4,6-7,10H,5,8-9H2,1-2H3,(H,17,18)(H2,15,16,19). The van der Waals surface area contributed by atoms with Gasteiger partial charge < -0.3 is 15.7 Å². The highest BCUT2D eigenvalue weighted by atomic mass is 32.2. The van der Waals surface area contributed by atoms with Gasteiger partial charge in [-0.25, -0.2) is 4.79 Å². The number of carboxylic acid groups (broad SMARTS) is 1. The zero-order valence-corrected chi connectivity index (χ0v) is 12.9. The number of hydrogen-bond acceptors (Lipinski definition) is 3. The number of anilines is 1. The summed E-state index contributed by atoms with van der Waals surface area (Å²) in [6.45, 7) is 1.79. The fourth-order valence-corrected chi connectivity index (χ4v) is 2.58. The number of aryl methyl sites for hydroxylation is 1. The summed E-state index contributed by atoms with van der Waals surface area (Å²) in [7, 11) is -0.958. The van der Waals surface area contributed by atoms with Gasteiger partial charge in [-0.15, -0.1) is 0 Å². The molecular formula is C14H20N2O4S. The Hall–Kier alpha value is -1.89. The Morgan fingerprint density at radius 1 is 1.29 bits per heavy atom. The predicted molar refractivity (Wildman–Crippen MR) is 82.9 cm³/mol. The Bertz CT molecular complexity index is 516. The van der Waals surface area contributed by atoms with E-state index < -0.39 is 16.8 Å². The van der Waals surface area contributed by atoms with Gasteiger partial charge in [0.05, 0.1) is 0 Å². The van der Waals surface area contributed by atoms with Gasteiger partial charge in [0, 0.05) is 41.0 Å². The maximum Gasteiger partial charge on any atom is 0.319 e. The van der Waals surface area contributed by atoms with E-state index in [2.05, 4.69) is 10.6 Å². The molecule has 2 atom stereocenters. The first-order chi connectivity index (χ1) is 9.86. The first kappa shape index (κ1) is 17.2. The van der Waals surface area contributed by atoms with Crippen molar-refractivity contribution in [2.24, 2.45) is 0 Å². The zero-order chi connectivity index (χ0) is 15.8. The monoisotopic (exact) mass is 312 g/mol. The van der Waals surface area contributed by atoms with Crippen molar-refractivity contribution in [1.29, 1.82) is 0 Å². The van der Waals surface area contributed by atoms with Crippen LogP contribution in [-0.4, -0.2) is 39.4 Å². The molecule has 0 aromatic heterocycles. The molecule has 21 heavy (non-hydrogen) atoms. The van der Waals surface area contributed by atoms with Crippen LogP contribution in [0.3, 0.4) is 0 Å². The molecule has 0 saturated carbocycles. The van der Waals surface area contributed by atoms with Crippen LogP contribution < -0.4 is 10.6 Å². The summed E-state index contributed by atoms with van der Waals surface area (Å²) in [6, 6.07) is 6.47. The smallest absolute Gasteiger partial charge is 0.319 e. The van der Waals surface area contributed by atoms with E-state index in [4.69, 9.17) is 5.11 Å². The summed E-state index contributed by atoms with van der Waals surface area (Å²) in [6.07, 6.45) is 2.13. The fourth-order valence-electron chi connectivity index (χ4n) is 1.79. The molecular weight excluding hydrogens is 292 g/mol. The summed E-state index contributed by atoms with van der Waals surface area (Å²) < 4.78 is 11.0. The summed E-state index contributed by atoms with van der Waals surface area (Å²) in [4.78, 5) is 22.2. The largest absolute Gasteiger partial charge is 0.481 e. The number of amides is 2. The second-order valence-electron chi connectivity index (χ2n) is 4.83. The van der Waals surface area contributed by atoms with E-state index in [1.807, 2.05) is 0 Å². The Labute approximate surface area is 126 Å². The second kappa shape index (κ2) is 8.41. The van der Waals surface area contributed by atoms with Crippen LogP contribution in [0.5, 0.6) is 0 Å². The molecule has 7 heteroatoms. The molecule has 116 valence electrons. The first-order valence-electron chi connectivity index (χ1n) is 6.55. The number of carboxylic acids is 1. The van der Waals surface area contributed by atoms with Crippen LogP contribution in [0.25, 0.3) is 0 Å². The molecule has 0 aliphatic carbocycles. The highest BCUT2D eigenvalue weighted by Gasteiger charge is 2.08. The van der Waals surface area contributed by atoms with E-state index in [9.17, 15) is 13.8 Å². The minimum atomic E-state index is -0.958. The second-order valence-corrected chi connectivity index (χ2v) is 6.31. The number of urea groups is 1. The third-order valence-corrected chi connectivity index (χ3v) is 3.67. The molecule has 6 nitrogen and oxygen atoms in total. The molecule has 3 N–H and O–H groups in total. The molecule has 0 fully saturated rings. The van der Waals surface area contributed by atoms with E-state index in [1.165, 1.54) is 0 Å². The molecule has 0 heterocycles. The van der Waals surface area contributed by atoms with Crippen molar-refractivity contribution >= 4 is 28.5 Å². The van der Waals surface area contributed by atoms with Gasteiger partial charge in [0.2, 0.25) is 0 Å². The van der Waals surface area contributed by atoms with Crippen molar-refractivity contribution in [2.45, 2.75) is 25.8 Å². The summed E-state index contributed by atoms with van der Waals surface area (Å²) in [5, 5.41) is 14.0. The highest BCUT2D eigenvalue weighted by molar-refractivity contribution is 7.84. The molecule has 1 aromatic carbocycles. The van der Waals surface area contributed by atoms with Crippen molar-refractivity contribution in [3.63, 3.8) is 0 Å². The number of carbonyl (C=O) groups is 2. The lowest BCUT2D eigenvalue weighted by atomic mass is 10.1. The van der Waals surface area contributed by atoms with Crippen LogP contribution in [0.15, 0.2) is 24.3 Å².